The van der Waals surface area contributed by atoms with Crippen molar-refractivity contribution in [1.82, 2.24) is 9.29 Å². The van der Waals surface area contributed by atoms with Crippen molar-refractivity contribution in [1.29, 1.82) is 0 Å². The van der Waals surface area contributed by atoms with Crippen LogP contribution in [0.1, 0.15) is 15.9 Å². The number of sulfonamides is 1. The first-order valence-corrected chi connectivity index (χ1v) is 9.10. The number of amides is 1. The maximum absolute atomic E-state index is 12.6. The van der Waals surface area contributed by atoms with Crippen molar-refractivity contribution in [3.8, 4) is 0 Å². The third-order valence-electron chi connectivity index (χ3n) is 3.90. The monoisotopic (exact) mass is 375 g/mol. The predicted octanol–water partition coefficient (Wildman–Crippen LogP) is 1.93. The number of nitrogens with zero attached hydrogens (tertiary/aromatic N) is 1. The molecule has 1 amide bonds. The zero-order valence-electron chi connectivity index (χ0n) is 14.4. The lowest BCUT2D eigenvalue weighted by atomic mass is 10.1. The molecule has 0 radical (unpaired) electrons. The summed E-state index contributed by atoms with van der Waals surface area (Å²) in [6.07, 6.45) is 0. The number of para-hydroxylation sites is 1. The van der Waals surface area contributed by atoms with Gasteiger partial charge in [0.05, 0.1) is 16.1 Å². The molecule has 136 valence electrons. The quantitative estimate of drug-likeness (QED) is 0.723. The van der Waals surface area contributed by atoms with Crippen molar-refractivity contribution >= 4 is 32.7 Å². The van der Waals surface area contributed by atoms with Crippen LogP contribution in [0.25, 0.3) is 11.1 Å². The third-order valence-corrected chi connectivity index (χ3v) is 5.86. The maximum atomic E-state index is 12.6. The average molecular weight is 375 g/mol. The van der Waals surface area contributed by atoms with E-state index in [1.807, 2.05) is 0 Å². The molecule has 2 N–H and O–H groups in total. The number of nitrogens with one attached hydrogen (secondary N) is 2. The van der Waals surface area contributed by atoms with Crippen molar-refractivity contribution < 1.29 is 17.6 Å². The van der Waals surface area contributed by atoms with Crippen molar-refractivity contribution in [2.24, 2.45) is 0 Å². The lowest BCUT2D eigenvalue weighted by molar-refractivity contribution is 0.102. The molecule has 3 aromatic rings. The van der Waals surface area contributed by atoms with Gasteiger partial charge in [-0.25, -0.2) is 17.5 Å². The Labute approximate surface area is 149 Å². The summed E-state index contributed by atoms with van der Waals surface area (Å²) in [4.78, 5) is 26.5. The van der Waals surface area contributed by atoms with E-state index in [4.69, 9.17) is 4.42 Å². The molecule has 1 aromatic heterocycles. The van der Waals surface area contributed by atoms with E-state index in [2.05, 4.69) is 10.3 Å². The van der Waals surface area contributed by atoms with Crippen LogP contribution in [-0.2, 0) is 10.0 Å². The highest BCUT2D eigenvalue weighted by Crippen LogP contribution is 2.23. The molecule has 9 heteroatoms. The number of hydrogen-bond donors (Lipinski definition) is 2. The van der Waals surface area contributed by atoms with Crippen molar-refractivity contribution in [2.45, 2.75) is 11.8 Å². The zero-order chi connectivity index (χ0) is 19.1. The van der Waals surface area contributed by atoms with Gasteiger partial charge in [0.2, 0.25) is 10.0 Å². The molecule has 0 atom stereocenters. The molecule has 8 nitrogen and oxygen atoms in total. The summed E-state index contributed by atoms with van der Waals surface area (Å²) >= 11 is 0. The first-order valence-electron chi connectivity index (χ1n) is 7.66. The molecule has 2 aromatic carbocycles. The number of benzene rings is 2. The van der Waals surface area contributed by atoms with Gasteiger partial charge in [-0.1, -0.05) is 12.1 Å². The topological polar surface area (TPSA) is 112 Å². The highest BCUT2D eigenvalue weighted by molar-refractivity contribution is 7.89. The standard InChI is InChI=1S/C17H17N3O5S/c1-10-7-8-11(9-14(10)26(23,24)20(2)3)16(21)18-12-5-4-6-13-15(12)25-17(22)19-13/h4-9H,1-3H3,(H,18,21)(H,19,22). The van der Waals surface area contributed by atoms with Crippen LogP contribution < -0.4 is 11.1 Å². The second kappa shape index (κ2) is 6.43. The molecule has 3 rings (SSSR count). The SMILES string of the molecule is Cc1ccc(C(=O)Nc2cccc3[nH]c(=O)oc23)cc1S(=O)(=O)N(C)C. The highest BCUT2D eigenvalue weighted by atomic mass is 32.2. The van der Waals surface area contributed by atoms with Gasteiger partial charge >= 0.3 is 5.76 Å². The van der Waals surface area contributed by atoms with Crippen molar-refractivity contribution in [3.05, 3.63) is 58.1 Å². The van der Waals surface area contributed by atoms with Gasteiger partial charge in [-0.3, -0.25) is 9.78 Å². The highest BCUT2D eigenvalue weighted by Gasteiger charge is 2.21. The molecule has 0 bridgehead atoms. The molecule has 0 unspecified atom stereocenters. The second-order valence-corrected chi connectivity index (χ2v) is 8.04. The minimum absolute atomic E-state index is 0.0570. The molecule has 0 fully saturated rings. The zero-order valence-corrected chi connectivity index (χ0v) is 15.2. The summed E-state index contributed by atoms with van der Waals surface area (Å²) in [5.74, 6) is -1.15. The van der Waals surface area contributed by atoms with Gasteiger partial charge in [0.15, 0.2) is 5.58 Å². The maximum Gasteiger partial charge on any atom is 0.417 e. The first kappa shape index (κ1) is 17.9. The van der Waals surface area contributed by atoms with E-state index in [0.717, 1.165) is 4.31 Å². The molecule has 0 saturated carbocycles. The summed E-state index contributed by atoms with van der Waals surface area (Å²) < 4.78 is 30.9. The number of hydrogen-bond acceptors (Lipinski definition) is 5. The Morgan fingerprint density at radius 1 is 1.19 bits per heavy atom. The summed E-state index contributed by atoms with van der Waals surface area (Å²) in [5, 5.41) is 2.64. The van der Waals surface area contributed by atoms with Gasteiger partial charge in [-0.05, 0) is 36.8 Å². The van der Waals surface area contributed by atoms with Crippen LogP contribution in [0.15, 0.2) is 50.5 Å². The van der Waals surface area contributed by atoms with Gasteiger partial charge < -0.3 is 9.73 Å². The van der Waals surface area contributed by atoms with Crippen LogP contribution in [0.3, 0.4) is 0 Å². The number of oxazole rings is 1. The first-order chi connectivity index (χ1) is 12.2. The number of aryl methyl sites for hydroxylation is 1. The fourth-order valence-electron chi connectivity index (χ4n) is 2.48. The lowest BCUT2D eigenvalue weighted by Gasteiger charge is -2.14. The number of fused-ring (bicyclic) bond motifs is 1. The Morgan fingerprint density at radius 3 is 2.62 bits per heavy atom. The minimum atomic E-state index is -3.68. The molecular weight excluding hydrogens is 358 g/mol. The molecule has 0 spiro atoms. The number of carbonyl (C=O) groups is 1. The van der Waals surface area contributed by atoms with E-state index >= 15 is 0 Å². The Hall–Kier alpha value is -2.91. The fraction of sp³-hybridized carbons (Fsp3) is 0.176. The molecule has 0 aliphatic rings. The Balaban J connectivity index is 1.99. The Morgan fingerprint density at radius 2 is 1.92 bits per heavy atom. The Bertz CT molecular complexity index is 1160. The average Bonchev–Trinajstić information content (AvgIpc) is 2.96. The largest absolute Gasteiger partial charge is 0.417 e. The van der Waals surface area contributed by atoms with Crippen LogP contribution in [-0.4, -0.2) is 37.7 Å². The smallest absolute Gasteiger partial charge is 0.406 e. The summed E-state index contributed by atoms with van der Waals surface area (Å²) in [7, 11) is -0.826. The molecule has 0 aliphatic heterocycles. The van der Waals surface area contributed by atoms with Crippen LogP contribution in [0, 0.1) is 6.92 Å². The van der Waals surface area contributed by atoms with Crippen LogP contribution >= 0.6 is 0 Å². The van der Waals surface area contributed by atoms with Gasteiger partial charge in [0.25, 0.3) is 5.91 Å². The molecule has 26 heavy (non-hydrogen) atoms. The van der Waals surface area contributed by atoms with Gasteiger partial charge in [0.1, 0.15) is 0 Å². The fourth-order valence-corrected chi connectivity index (χ4v) is 3.63. The van der Waals surface area contributed by atoms with Crippen molar-refractivity contribution in [3.63, 3.8) is 0 Å². The predicted molar refractivity (Wildman–Crippen MR) is 96.8 cm³/mol. The summed E-state index contributed by atoms with van der Waals surface area (Å²) in [6, 6.07) is 9.31. The van der Waals surface area contributed by atoms with E-state index in [-0.39, 0.29) is 16.0 Å². The van der Waals surface area contributed by atoms with Crippen LogP contribution in [0.4, 0.5) is 5.69 Å². The normalized spacial score (nSPS) is 11.8. The van der Waals surface area contributed by atoms with E-state index in [1.165, 1.54) is 26.2 Å². The third kappa shape index (κ3) is 3.14. The van der Waals surface area contributed by atoms with Crippen LogP contribution in [0.5, 0.6) is 0 Å². The number of rotatable bonds is 4. The number of carbonyl (C=O) groups excluding carboxylic acids is 1. The second-order valence-electron chi connectivity index (χ2n) is 5.92. The van der Waals surface area contributed by atoms with Gasteiger partial charge in [0, 0.05) is 19.7 Å². The van der Waals surface area contributed by atoms with E-state index in [0.29, 0.717) is 16.8 Å². The summed E-state index contributed by atoms with van der Waals surface area (Å²) in [5.41, 5.74) is 1.69. The molecular formula is C17H17N3O5S. The van der Waals surface area contributed by atoms with E-state index < -0.39 is 21.7 Å². The summed E-state index contributed by atoms with van der Waals surface area (Å²) in [6.45, 7) is 1.66. The number of aromatic amines is 1. The molecule has 0 aliphatic carbocycles. The molecule has 0 saturated heterocycles. The van der Waals surface area contributed by atoms with Crippen molar-refractivity contribution in [2.75, 3.05) is 19.4 Å². The minimum Gasteiger partial charge on any atom is -0.406 e. The van der Waals surface area contributed by atoms with E-state index in [1.54, 1.807) is 31.2 Å². The van der Waals surface area contributed by atoms with Gasteiger partial charge in [-0.2, -0.15) is 0 Å². The lowest BCUT2D eigenvalue weighted by Crippen LogP contribution is -2.23. The Kier molecular flexibility index (Phi) is 4.43. The van der Waals surface area contributed by atoms with E-state index in [9.17, 15) is 18.0 Å². The molecule has 1 heterocycles. The van der Waals surface area contributed by atoms with Gasteiger partial charge in [-0.15, -0.1) is 0 Å². The number of anilines is 1. The van der Waals surface area contributed by atoms with Crippen LogP contribution in [0.2, 0.25) is 0 Å². The number of H-pyrrole nitrogens is 1. The number of aromatic nitrogens is 1.